The number of pyridine rings is 1. The first-order chi connectivity index (χ1) is 9.58. The molecular weight excluding hydrogens is 272 g/mol. The molecule has 0 saturated heterocycles. The molecule has 0 saturated carbocycles. The molecule has 1 atom stereocenters. The Kier molecular flexibility index (Phi) is 5.00. The Balaban J connectivity index is 2.27. The second-order valence-electron chi connectivity index (χ2n) is 5.35. The van der Waals surface area contributed by atoms with Crippen LogP contribution in [0.2, 0.25) is 0 Å². The Hall–Kier alpha value is -1.13. The molecule has 0 N–H and O–H groups in total. The molecule has 0 fully saturated rings. The predicted molar refractivity (Wildman–Crippen MR) is 84.2 cm³/mol. The van der Waals surface area contributed by atoms with Gasteiger partial charge in [-0.15, -0.1) is 11.6 Å². The summed E-state index contributed by atoms with van der Waals surface area (Å²) in [5.74, 6) is 1.32. The average Bonchev–Trinajstić information content (AvgIpc) is 2.83. The van der Waals surface area contributed by atoms with E-state index in [0.29, 0.717) is 11.9 Å². The minimum Gasteiger partial charge on any atom is -0.310 e. The lowest BCUT2D eigenvalue weighted by molar-refractivity contribution is 0.242. The number of likely N-dealkylation sites (N-methyl/N-ethyl adjacent to an activating group) is 1. The van der Waals surface area contributed by atoms with Gasteiger partial charge < -0.3 is 9.47 Å². The smallest absolute Gasteiger partial charge is 0.160 e. The number of nitrogens with zero attached hydrogens (tertiary/aromatic N) is 4. The molecule has 4 nitrogen and oxygen atoms in total. The first-order valence-electron chi connectivity index (χ1n) is 7.15. The number of hydrogen-bond acceptors (Lipinski definition) is 3. The van der Waals surface area contributed by atoms with Gasteiger partial charge in [0.05, 0.1) is 5.88 Å². The topological polar surface area (TPSA) is 34.0 Å². The van der Waals surface area contributed by atoms with Crippen molar-refractivity contribution in [3.05, 3.63) is 23.7 Å². The highest BCUT2D eigenvalue weighted by Crippen LogP contribution is 2.18. The number of fused-ring (bicyclic) bond motifs is 1. The van der Waals surface area contributed by atoms with Gasteiger partial charge in [-0.2, -0.15) is 0 Å². The van der Waals surface area contributed by atoms with Crippen molar-refractivity contribution in [2.75, 3.05) is 13.6 Å². The van der Waals surface area contributed by atoms with Crippen LogP contribution in [0.25, 0.3) is 11.2 Å². The van der Waals surface area contributed by atoms with Gasteiger partial charge in [0.1, 0.15) is 11.3 Å². The molecule has 2 rings (SSSR count). The number of halogens is 1. The van der Waals surface area contributed by atoms with Gasteiger partial charge in [-0.05, 0) is 38.9 Å². The van der Waals surface area contributed by atoms with E-state index in [-0.39, 0.29) is 0 Å². The summed E-state index contributed by atoms with van der Waals surface area (Å²) >= 11 is 6.04. The molecule has 0 aliphatic rings. The van der Waals surface area contributed by atoms with Crippen LogP contribution in [-0.2, 0) is 12.4 Å². The van der Waals surface area contributed by atoms with Crippen LogP contribution in [0.4, 0.5) is 0 Å². The molecule has 2 heterocycles. The minimum atomic E-state index is 0.419. The first kappa shape index (κ1) is 15.3. The van der Waals surface area contributed by atoms with Crippen LogP contribution in [0.3, 0.4) is 0 Å². The van der Waals surface area contributed by atoms with Crippen molar-refractivity contribution in [2.24, 2.45) is 0 Å². The molecule has 0 amide bonds. The summed E-state index contributed by atoms with van der Waals surface area (Å²) in [6.45, 7) is 8.36. The average molecular weight is 295 g/mol. The van der Waals surface area contributed by atoms with Crippen molar-refractivity contribution in [3.63, 3.8) is 0 Å². The third-order valence-corrected chi connectivity index (χ3v) is 4.29. The Morgan fingerprint density at radius 3 is 2.85 bits per heavy atom. The van der Waals surface area contributed by atoms with Crippen molar-refractivity contribution in [1.29, 1.82) is 0 Å². The van der Waals surface area contributed by atoms with Gasteiger partial charge in [-0.25, -0.2) is 9.97 Å². The molecular formula is C15H23ClN4. The van der Waals surface area contributed by atoms with Crippen LogP contribution in [0.5, 0.6) is 0 Å². The number of hydrogen-bond donors (Lipinski definition) is 0. The maximum absolute atomic E-state index is 6.04. The Morgan fingerprint density at radius 2 is 2.20 bits per heavy atom. The SMILES string of the molecule is CCC(C)N(C)CCn1c(CCl)nc2c(C)ccnc21. The highest BCUT2D eigenvalue weighted by Gasteiger charge is 2.14. The fourth-order valence-corrected chi connectivity index (χ4v) is 2.51. The summed E-state index contributed by atoms with van der Waals surface area (Å²) in [5.41, 5.74) is 3.06. The summed E-state index contributed by atoms with van der Waals surface area (Å²) in [6.07, 6.45) is 2.99. The molecule has 5 heteroatoms. The van der Waals surface area contributed by atoms with Crippen molar-refractivity contribution in [1.82, 2.24) is 19.4 Å². The first-order valence-corrected chi connectivity index (χ1v) is 7.68. The van der Waals surface area contributed by atoms with E-state index in [4.69, 9.17) is 11.6 Å². The van der Waals surface area contributed by atoms with Gasteiger partial charge in [-0.3, -0.25) is 0 Å². The van der Waals surface area contributed by atoms with E-state index in [1.807, 2.05) is 12.3 Å². The quantitative estimate of drug-likeness (QED) is 0.767. The van der Waals surface area contributed by atoms with Crippen LogP contribution in [-0.4, -0.2) is 39.1 Å². The number of aryl methyl sites for hydroxylation is 1. The van der Waals surface area contributed by atoms with E-state index < -0.39 is 0 Å². The van der Waals surface area contributed by atoms with E-state index in [1.165, 1.54) is 0 Å². The fraction of sp³-hybridized carbons (Fsp3) is 0.600. The van der Waals surface area contributed by atoms with E-state index in [1.54, 1.807) is 0 Å². The monoisotopic (exact) mass is 294 g/mol. The van der Waals surface area contributed by atoms with E-state index in [9.17, 15) is 0 Å². The molecule has 110 valence electrons. The molecule has 2 aromatic heterocycles. The lowest BCUT2D eigenvalue weighted by atomic mass is 10.2. The maximum atomic E-state index is 6.04. The summed E-state index contributed by atoms with van der Waals surface area (Å²) in [5, 5.41) is 0. The highest BCUT2D eigenvalue weighted by atomic mass is 35.5. The molecule has 0 aliphatic heterocycles. The number of aromatic nitrogens is 3. The third-order valence-electron chi connectivity index (χ3n) is 4.05. The number of imidazole rings is 1. The molecule has 0 radical (unpaired) electrons. The number of rotatable bonds is 6. The van der Waals surface area contributed by atoms with Crippen LogP contribution < -0.4 is 0 Å². The van der Waals surface area contributed by atoms with Crippen LogP contribution in [0.15, 0.2) is 12.3 Å². The van der Waals surface area contributed by atoms with Crippen molar-refractivity contribution in [2.45, 2.75) is 45.7 Å². The van der Waals surface area contributed by atoms with Gasteiger partial charge in [0, 0.05) is 25.3 Å². The Labute approximate surface area is 125 Å². The largest absolute Gasteiger partial charge is 0.310 e. The molecule has 0 aromatic carbocycles. The summed E-state index contributed by atoms with van der Waals surface area (Å²) in [6, 6.07) is 2.57. The van der Waals surface area contributed by atoms with Gasteiger partial charge in [-0.1, -0.05) is 6.92 Å². The van der Waals surface area contributed by atoms with E-state index in [2.05, 4.69) is 47.3 Å². The van der Waals surface area contributed by atoms with Crippen molar-refractivity contribution >= 4 is 22.8 Å². The lowest BCUT2D eigenvalue weighted by Crippen LogP contribution is -2.31. The van der Waals surface area contributed by atoms with Gasteiger partial charge in [0.25, 0.3) is 0 Å². The summed E-state index contributed by atoms with van der Waals surface area (Å²) < 4.78 is 2.15. The lowest BCUT2D eigenvalue weighted by Gasteiger charge is -2.23. The summed E-state index contributed by atoms with van der Waals surface area (Å²) in [4.78, 5) is 11.5. The zero-order valence-electron chi connectivity index (χ0n) is 12.7. The fourth-order valence-electron chi connectivity index (χ4n) is 2.31. The molecule has 20 heavy (non-hydrogen) atoms. The summed E-state index contributed by atoms with van der Waals surface area (Å²) in [7, 11) is 2.16. The van der Waals surface area contributed by atoms with Gasteiger partial charge >= 0.3 is 0 Å². The predicted octanol–water partition coefficient (Wildman–Crippen LogP) is 3.21. The highest BCUT2D eigenvalue weighted by molar-refractivity contribution is 6.16. The third kappa shape index (κ3) is 2.96. The van der Waals surface area contributed by atoms with Crippen LogP contribution >= 0.6 is 11.6 Å². The van der Waals surface area contributed by atoms with Gasteiger partial charge in [0.2, 0.25) is 0 Å². The van der Waals surface area contributed by atoms with E-state index >= 15 is 0 Å². The normalized spacial score (nSPS) is 13.3. The molecule has 2 aromatic rings. The van der Waals surface area contributed by atoms with Crippen molar-refractivity contribution < 1.29 is 0 Å². The second-order valence-corrected chi connectivity index (χ2v) is 5.62. The minimum absolute atomic E-state index is 0.419. The molecule has 0 bridgehead atoms. The Bertz CT molecular complexity index is 579. The maximum Gasteiger partial charge on any atom is 0.160 e. The Morgan fingerprint density at radius 1 is 1.45 bits per heavy atom. The van der Waals surface area contributed by atoms with Crippen LogP contribution in [0.1, 0.15) is 31.7 Å². The van der Waals surface area contributed by atoms with Gasteiger partial charge in [0.15, 0.2) is 5.65 Å². The molecule has 0 spiro atoms. The van der Waals surface area contributed by atoms with Crippen LogP contribution in [0, 0.1) is 6.92 Å². The zero-order chi connectivity index (χ0) is 14.7. The van der Waals surface area contributed by atoms with Crippen molar-refractivity contribution in [3.8, 4) is 0 Å². The standard InChI is InChI=1S/C15H23ClN4/c1-5-12(3)19(4)8-9-20-13(10-16)18-14-11(2)6-7-17-15(14)20/h6-7,12H,5,8-10H2,1-4H3. The number of alkyl halides is 1. The zero-order valence-corrected chi connectivity index (χ0v) is 13.5. The van der Waals surface area contributed by atoms with E-state index in [0.717, 1.165) is 42.1 Å². The molecule has 0 aliphatic carbocycles. The molecule has 1 unspecified atom stereocenters. The second kappa shape index (κ2) is 6.55.